The molecular weight excluding hydrogens is 464 g/mol. The molecule has 6 aromatic heterocycles. The predicted molar refractivity (Wildman–Crippen MR) is 142 cm³/mol. The molecule has 1 fully saturated rings. The van der Waals surface area contributed by atoms with Gasteiger partial charge < -0.3 is 15.0 Å². The molecule has 7 heterocycles. The maximum atomic E-state index is 6.20. The normalized spacial score (nSPS) is 14.4. The van der Waals surface area contributed by atoms with Crippen LogP contribution in [0, 0.1) is 0 Å². The molecule has 0 unspecified atom stereocenters. The van der Waals surface area contributed by atoms with E-state index in [1.807, 2.05) is 55.1 Å². The molecule has 3 N–H and O–H groups in total. The van der Waals surface area contributed by atoms with Gasteiger partial charge in [0, 0.05) is 52.2 Å². The maximum absolute atomic E-state index is 6.20. The summed E-state index contributed by atoms with van der Waals surface area (Å²) in [6.45, 7) is 1.96. The Balaban J connectivity index is 1.26. The molecule has 0 radical (unpaired) electrons. The molecule has 1 saturated heterocycles. The number of hydrogen-bond donors (Lipinski definition) is 3. The lowest BCUT2D eigenvalue weighted by atomic mass is 10.1. The van der Waals surface area contributed by atoms with Crippen LogP contribution in [0.3, 0.4) is 0 Å². The van der Waals surface area contributed by atoms with E-state index >= 15 is 0 Å². The van der Waals surface area contributed by atoms with Crippen molar-refractivity contribution in [3.8, 4) is 39.7 Å². The van der Waals surface area contributed by atoms with E-state index in [9.17, 15) is 0 Å². The van der Waals surface area contributed by atoms with Crippen molar-refractivity contribution in [3.63, 3.8) is 0 Å². The molecule has 182 valence electrons. The average Bonchev–Trinajstić information content (AvgIpc) is 3.58. The summed E-state index contributed by atoms with van der Waals surface area (Å²) in [5.74, 6) is 0.768. The molecular formula is C28H24N8O. The molecule has 0 saturated carbocycles. The van der Waals surface area contributed by atoms with Crippen molar-refractivity contribution in [2.24, 2.45) is 0 Å². The smallest absolute Gasteiger partial charge is 0.138 e. The van der Waals surface area contributed by atoms with E-state index in [4.69, 9.17) is 4.74 Å². The van der Waals surface area contributed by atoms with E-state index in [1.165, 1.54) is 0 Å². The molecule has 0 bridgehead atoms. The lowest BCUT2D eigenvalue weighted by Crippen LogP contribution is -2.34. The molecule has 1 aliphatic heterocycles. The average molecular weight is 489 g/mol. The number of pyridine rings is 4. The fraction of sp³-hybridized carbons (Fsp3) is 0.179. The topological polar surface area (TPSA) is 117 Å². The number of H-pyrrole nitrogens is 2. The summed E-state index contributed by atoms with van der Waals surface area (Å²) < 4.78 is 6.20. The van der Waals surface area contributed by atoms with Gasteiger partial charge in [-0.15, -0.1) is 0 Å². The molecule has 0 aliphatic carbocycles. The minimum Gasteiger partial charge on any atom is -0.489 e. The summed E-state index contributed by atoms with van der Waals surface area (Å²) in [4.78, 5) is 21.5. The molecule has 0 spiro atoms. The summed E-state index contributed by atoms with van der Waals surface area (Å²) in [6, 6.07) is 12.1. The second kappa shape index (κ2) is 9.11. The van der Waals surface area contributed by atoms with Crippen LogP contribution in [0.1, 0.15) is 12.8 Å². The van der Waals surface area contributed by atoms with Crippen LogP contribution in [-0.2, 0) is 0 Å². The SMILES string of the molecule is c1cncc(-c2nccc3[nH]c(-c4n[nH]c5cnc(-c6cncc(OC7CCNCC7)c6)cc45)cc23)c1. The molecule has 37 heavy (non-hydrogen) atoms. The highest BCUT2D eigenvalue weighted by Crippen LogP contribution is 2.34. The fourth-order valence-electron chi connectivity index (χ4n) is 4.92. The van der Waals surface area contributed by atoms with Crippen LogP contribution in [0.4, 0.5) is 0 Å². The second-order valence-electron chi connectivity index (χ2n) is 9.21. The standard InChI is InChI=1S/C28H24N8O/c1-2-17(13-30-6-1)27-21-12-25(34-23(21)5-9-32-27)28-22-11-24(33-16-26(22)35-36-28)18-10-20(15-31-14-18)37-19-3-7-29-8-4-19/h1-2,5-6,9-16,19,29,34H,3-4,7-8H2,(H,35,36). The molecule has 1 aliphatic rings. The Bertz CT molecular complexity index is 1700. The van der Waals surface area contributed by atoms with Crippen LogP contribution in [-0.4, -0.2) is 54.3 Å². The van der Waals surface area contributed by atoms with Gasteiger partial charge >= 0.3 is 0 Å². The molecule has 0 aromatic carbocycles. The van der Waals surface area contributed by atoms with Crippen molar-refractivity contribution >= 4 is 21.8 Å². The lowest BCUT2D eigenvalue weighted by Gasteiger charge is -2.23. The molecule has 6 aromatic rings. The van der Waals surface area contributed by atoms with Gasteiger partial charge in [-0.3, -0.25) is 25.0 Å². The summed E-state index contributed by atoms with van der Waals surface area (Å²) in [5, 5.41) is 13.1. The Hall–Kier alpha value is -4.63. The first-order valence-corrected chi connectivity index (χ1v) is 12.4. The minimum absolute atomic E-state index is 0.210. The maximum Gasteiger partial charge on any atom is 0.138 e. The summed E-state index contributed by atoms with van der Waals surface area (Å²) >= 11 is 0. The van der Waals surface area contributed by atoms with Gasteiger partial charge in [-0.25, -0.2) is 0 Å². The number of aromatic amines is 2. The number of nitrogens with zero attached hydrogens (tertiary/aromatic N) is 5. The van der Waals surface area contributed by atoms with Crippen molar-refractivity contribution in [2.45, 2.75) is 18.9 Å². The molecule has 9 nitrogen and oxygen atoms in total. The van der Waals surface area contributed by atoms with Gasteiger partial charge in [-0.2, -0.15) is 5.10 Å². The number of piperidine rings is 1. The monoisotopic (exact) mass is 488 g/mol. The van der Waals surface area contributed by atoms with E-state index in [0.717, 1.165) is 87.4 Å². The van der Waals surface area contributed by atoms with E-state index in [0.29, 0.717) is 0 Å². The van der Waals surface area contributed by atoms with Gasteiger partial charge in [0.1, 0.15) is 17.5 Å². The van der Waals surface area contributed by atoms with Gasteiger partial charge in [0.15, 0.2) is 0 Å². The third-order valence-corrected chi connectivity index (χ3v) is 6.78. The Labute approximate surface area is 212 Å². The third kappa shape index (κ3) is 4.09. The zero-order valence-electron chi connectivity index (χ0n) is 20.0. The summed E-state index contributed by atoms with van der Waals surface area (Å²) in [6.07, 6.45) is 13.0. The zero-order valence-corrected chi connectivity index (χ0v) is 20.0. The zero-order chi connectivity index (χ0) is 24.6. The summed E-state index contributed by atoms with van der Waals surface area (Å²) in [5.41, 5.74) is 7.13. The Morgan fingerprint density at radius 3 is 2.57 bits per heavy atom. The number of fused-ring (bicyclic) bond motifs is 2. The first-order chi connectivity index (χ1) is 18.3. The van der Waals surface area contributed by atoms with Gasteiger partial charge in [0.05, 0.1) is 35.0 Å². The van der Waals surface area contributed by atoms with Crippen molar-refractivity contribution in [1.82, 2.24) is 40.4 Å². The molecule has 0 atom stereocenters. The quantitative estimate of drug-likeness (QED) is 0.320. The van der Waals surface area contributed by atoms with E-state index in [1.54, 1.807) is 12.4 Å². The van der Waals surface area contributed by atoms with Crippen molar-refractivity contribution in [1.29, 1.82) is 0 Å². The van der Waals surface area contributed by atoms with E-state index in [-0.39, 0.29) is 6.10 Å². The minimum atomic E-state index is 0.210. The molecule has 0 amide bonds. The largest absolute Gasteiger partial charge is 0.489 e. The number of rotatable bonds is 5. The van der Waals surface area contributed by atoms with Crippen LogP contribution in [0.2, 0.25) is 0 Å². The highest BCUT2D eigenvalue weighted by atomic mass is 16.5. The van der Waals surface area contributed by atoms with Gasteiger partial charge in [0.2, 0.25) is 0 Å². The Kier molecular flexibility index (Phi) is 5.32. The number of nitrogens with one attached hydrogen (secondary N) is 3. The molecule has 7 rings (SSSR count). The molecule has 9 heteroatoms. The van der Waals surface area contributed by atoms with Crippen LogP contribution < -0.4 is 10.1 Å². The Morgan fingerprint density at radius 1 is 0.784 bits per heavy atom. The lowest BCUT2D eigenvalue weighted by molar-refractivity contribution is 0.162. The van der Waals surface area contributed by atoms with Crippen LogP contribution in [0.5, 0.6) is 5.75 Å². The number of aromatic nitrogens is 7. The van der Waals surface area contributed by atoms with Crippen LogP contribution >= 0.6 is 0 Å². The van der Waals surface area contributed by atoms with E-state index < -0.39 is 0 Å². The number of hydrogen-bond acceptors (Lipinski definition) is 7. The van der Waals surface area contributed by atoms with E-state index in [2.05, 4.69) is 46.5 Å². The van der Waals surface area contributed by atoms with Gasteiger partial charge in [0.25, 0.3) is 0 Å². The number of ether oxygens (including phenoxy) is 1. The highest BCUT2D eigenvalue weighted by molar-refractivity contribution is 6.00. The van der Waals surface area contributed by atoms with Gasteiger partial charge in [-0.05, 0) is 62.3 Å². The van der Waals surface area contributed by atoms with Gasteiger partial charge in [-0.1, -0.05) is 0 Å². The predicted octanol–water partition coefficient (Wildman–Crippen LogP) is 4.76. The van der Waals surface area contributed by atoms with Crippen LogP contribution in [0.25, 0.3) is 55.7 Å². The first-order valence-electron chi connectivity index (χ1n) is 12.4. The van der Waals surface area contributed by atoms with Crippen molar-refractivity contribution in [3.05, 3.63) is 73.6 Å². The van der Waals surface area contributed by atoms with Crippen molar-refractivity contribution < 1.29 is 4.74 Å². The van der Waals surface area contributed by atoms with Crippen molar-refractivity contribution in [2.75, 3.05) is 13.1 Å². The highest BCUT2D eigenvalue weighted by Gasteiger charge is 2.17. The second-order valence-corrected chi connectivity index (χ2v) is 9.21. The van der Waals surface area contributed by atoms with Crippen LogP contribution in [0.15, 0.2) is 73.6 Å². The summed E-state index contributed by atoms with van der Waals surface area (Å²) in [7, 11) is 0. The fourth-order valence-corrected chi connectivity index (χ4v) is 4.92. The Morgan fingerprint density at radius 2 is 1.68 bits per heavy atom. The third-order valence-electron chi connectivity index (χ3n) is 6.78. The first kappa shape index (κ1) is 21.6.